The van der Waals surface area contributed by atoms with Crippen molar-refractivity contribution in [2.75, 3.05) is 16.8 Å². The van der Waals surface area contributed by atoms with E-state index in [1.807, 2.05) is 0 Å². The standard InChI is InChI=1S/C12H12F3N5/c1-6-2-3-7(12(13,14)15)4-8(6)18-10-5-9(16)19-11(17)20-10/h2-5H,1H3,(H5,16,17,18,19,20). The molecule has 0 bridgehead atoms. The van der Waals surface area contributed by atoms with Gasteiger partial charge in [0.1, 0.15) is 11.6 Å². The minimum Gasteiger partial charge on any atom is -0.383 e. The number of alkyl halides is 3. The third-order valence-electron chi connectivity index (χ3n) is 2.59. The Hall–Kier alpha value is -2.51. The average molecular weight is 283 g/mol. The summed E-state index contributed by atoms with van der Waals surface area (Å²) < 4.78 is 38.0. The molecule has 106 valence electrons. The highest BCUT2D eigenvalue weighted by Gasteiger charge is 2.30. The number of benzene rings is 1. The zero-order valence-corrected chi connectivity index (χ0v) is 10.5. The molecule has 20 heavy (non-hydrogen) atoms. The molecule has 1 aromatic carbocycles. The van der Waals surface area contributed by atoms with Crippen molar-refractivity contribution in [2.24, 2.45) is 0 Å². The number of hydrogen-bond acceptors (Lipinski definition) is 5. The predicted octanol–water partition coefficient (Wildman–Crippen LogP) is 2.71. The summed E-state index contributed by atoms with van der Waals surface area (Å²) in [4.78, 5) is 7.54. The lowest BCUT2D eigenvalue weighted by Crippen LogP contribution is -2.07. The van der Waals surface area contributed by atoms with Crippen molar-refractivity contribution in [3.8, 4) is 0 Å². The van der Waals surface area contributed by atoms with Crippen molar-refractivity contribution in [1.82, 2.24) is 9.97 Å². The smallest absolute Gasteiger partial charge is 0.383 e. The maximum atomic E-state index is 12.7. The molecule has 0 unspecified atom stereocenters. The van der Waals surface area contributed by atoms with Crippen LogP contribution in [-0.4, -0.2) is 9.97 Å². The van der Waals surface area contributed by atoms with Crippen molar-refractivity contribution < 1.29 is 13.2 Å². The summed E-state index contributed by atoms with van der Waals surface area (Å²) in [6.07, 6.45) is -4.41. The van der Waals surface area contributed by atoms with Crippen LogP contribution >= 0.6 is 0 Å². The Labute approximate surface area is 112 Å². The number of nitrogens with two attached hydrogens (primary N) is 2. The number of nitrogen functional groups attached to an aromatic ring is 2. The van der Waals surface area contributed by atoms with Gasteiger partial charge in [0.2, 0.25) is 5.95 Å². The van der Waals surface area contributed by atoms with Crippen LogP contribution in [0.5, 0.6) is 0 Å². The molecule has 1 heterocycles. The van der Waals surface area contributed by atoms with Crippen LogP contribution in [0.1, 0.15) is 11.1 Å². The summed E-state index contributed by atoms with van der Waals surface area (Å²) >= 11 is 0. The molecular weight excluding hydrogens is 271 g/mol. The molecule has 0 spiro atoms. The fourth-order valence-electron chi connectivity index (χ4n) is 1.62. The maximum Gasteiger partial charge on any atom is 0.416 e. The molecule has 2 rings (SSSR count). The summed E-state index contributed by atoms with van der Waals surface area (Å²) in [5.74, 6) is 0.305. The van der Waals surface area contributed by atoms with E-state index in [9.17, 15) is 13.2 Å². The lowest BCUT2D eigenvalue weighted by atomic mass is 10.1. The van der Waals surface area contributed by atoms with E-state index < -0.39 is 11.7 Å². The summed E-state index contributed by atoms with van der Waals surface area (Å²) in [6, 6.07) is 4.78. The van der Waals surface area contributed by atoms with Crippen LogP contribution in [0, 0.1) is 6.92 Å². The van der Waals surface area contributed by atoms with Crippen LogP contribution in [0.25, 0.3) is 0 Å². The molecule has 1 aromatic heterocycles. The molecular formula is C12H12F3N5. The van der Waals surface area contributed by atoms with Crippen LogP contribution in [0.2, 0.25) is 0 Å². The van der Waals surface area contributed by atoms with Crippen molar-refractivity contribution in [3.63, 3.8) is 0 Å². The van der Waals surface area contributed by atoms with E-state index in [2.05, 4.69) is 15.3 Å². The number of hydrogen-bond donors (Lipinski definition) is 3. The first-order valence-electron chi connectivity index (χ1n) is 5.60. The summed E-state index contributed by atoms with van der Waals surface area (Å²) in [5.41, 5.74) is 11.1. The zero-order valence-electron chi connectivity index (χ0n) is 10.5. The van der Waals surface area contributed by atoms with E-state index in [0.29, 0.717) is 5.56 Å². The molecule has 0 atom stereocenters. The summed E-state index contributed by atoms with van der Waals surface area (Å²) in [5, 5.41) is 2.76. The monoisotopic (exact) mass is 283 g/mol. The highest BCUT2D eigenvalue weighted by Crippen LogP contribution is 2.32. The molecule has 0 saturated heterocycles. The first-order valence-corrected chi connectivity index (χ1v) is 5.60. The second kappa shape index (κ2) is 4.87. The third-order valence-corrected chi connectivity index (χ3v) is 2.59. The van der Waals surface area contributed by atoms with Gasteiger partial charge in [-0.05, 0) is 24.6 Å². The van der Waals surface area contributed by atoms with Gasteiger partial charge in [0.15, 0.2) is 0 Å². The van der Waals surface area contributed by atoms with Gasteiger partial charge in [0.25, 0.3) is 0 Å². The minimum atomic E-state index is -4.41. The Kier molecular flexibility index (Phi) is 3.39. The summed E-state index contributed by atoms with van der Waals surface area (Å²) in [7, 11) is 0. The van der Waals surface area contributed by atoms with Crippen LogP contribution in [0.4, 0.5) is 36.4 Å². The fourth-order valence-corrected chi connectivity index (χ4v) is 1.62. The Morgan fingerprint density at radius 3 is 2.40 bits per heavy atom. The molecule has 0 radical (unpaired) electrons. The van der Waals surface area contributed by atoms with E-state index in [1.54, 1.807) is 6.92 Å². The van der Waals surface area contributed by atoms with E-state index >= 15 is 0 Å². The zero-order chi connectivity index (χ0) is 14.9. The quantitative estimate of drug-likeness (QED) is 0.788. The molecule has 5 N–H and O–H groups in total. The Morgan fingerprint density at radius 1 is 1.10 bits per heavy atom. The van der Waals surface area contributed by atoms with Gasteiger partial charge in [0, 0.05) is 11.8 Å². The molecule has 0 aliphatic heterocycles. The Balaban J connectivity index is 2.37. The number of aryl methyl sites for hydroxylation is 1. The number of halogens is 3. The normalized spacial score (nSPS) is 11.4. The van der Waals surface area contributed by atoms with E-state index in [1.165, 1.54) is 12.1 Å². The van der Waals surface area contributed by atoms with Gasteiger partial charge in [0.05, 0.1) is 5.56 Å². The molecule has 0 saturated carbocycles. The van der Waals surface area contributed by atoms with Gasteiger partial charge in [-0.1, -0.05) is 6.07 Å². The SMILES string of the molecule is Cc1ccc(C(F)(F)F)cc1Nc1cc(N)nc(N)n1. The van der Waals surface area contributed by atoms with E-state index in [0.717, 1.165) is 12.1 Å². The van der Waals surface area contributed by atoms with Gasteiger partial charge >= 0.3 is 6.18 Å². The van der Waals surface area contributed by atoms with Crippen LogP contribution < -0.4 is 16.8 Å². The van der Waals surface area contributed by atoms with E-state index in [4.69, 9.17) is 11.5 Å². The first-order chi connectivity index (χ1) is 9.25. The number of anilines is 4. The second-order valence-electron chi connectivity index (χ2n) is 4.19. The highest BCUT2D eigenvalue weighted by atomic mass is 19.4. The van der Waals surface area contributed by atoms with Gasteiger partial charge < -0.3 is 16.8 Å². The molecule has 0 aliphatic carbocycles. The average Bonchev–Trinajstić information content (AvgIpc) is 2.29. The Bertz CT molecular complexity index is 619. The second-order valence-corrected chi connectivity index (χ2v) is 4.19. The fraction of sp³-hybridized carbons (Fsp3) is 0.167. The van der Waals surface area contributed by atoms with Crippen LogP contribution in [0.3, 0.4) is 0 Å². The number of rotatable bonds is 2. The van der Waals surface area contributed by atoms with Crippen molar-refractivity contribution >= 4 is 23.3 Å². The summed E-state index contributed by atoms with van der Waals surface area (Å²) in [6.45, 7) is 1.68. The van der Waals surface area contributed by atoms with Gasteiger partial charge in [-0.2, -0.15) is 23.1 Å². The van der Waals surface area contributed by atoms with Gasteiger partial charge in [-0.3, -0.25) is 0 Å². The van der Waals surface area contributed by atoms with E-state index in [-0.39, 0.29) is 23.3 Å². The molecule has 0 amide bonds. The predicted molar refractivity (Wildman–Crippen MR) is 70.3 cm³/mol. The Morgan fingerprint density at radius 2 is 1.80 bits per heavy atom. The van der Waals surface area contributed by atoms with Crippen LogP contribution in [-0.2, 0) is 6.18 Å². The minimum absolute atomic E-state index is 0.0582. The third kappa shape index (κ3) is 3.08. The van der Waals surface area contributed by atoms with Crippen molar-refractivity contribution in [2.45, 2.75) is 13.1 Å². The largest absolute Gasteiger partial charge is 0.416 e. The number of nitrogens with zero attached hydrogens (tertiary/aromatic N) is 2. The molecule has 2 aromatic rings. The maximum absolute atomic E-state index is 12.7. The molecule has 0 fully saturated rings. The molecule has 5 nitrogen and oxygen atoms in total. The van der Waals surface area contributed by atoms with Gasteiger partial charge in [-0.15, -0.1) is 0 Å². The van der Waals surface area contributed by atoms with Gasteiger partial charge in [-0.25, -0.2) is 0 Å². The topological polar surface area (TPSA) is 89.8 Å². The lowest BCUT2D eigenvalue weighted by Gasteiger charge is -2.13. The highest BCUT2D eigenvalue weighted by molar-refractivity contribution is 5.64. The van der Waals surface area contributed by atoms with Crippen molar-refractivity contribution in [1.29, 1.82) is 0 Å². The molecule has 8 heteroatoms. The van der Waals surface area contributed by atoms with Crippen molar-refractivity contribution in [3.05, 3.63) is 35.4 Å². The number of nitrogens with one attached hydrogen (secondary N) is 1. The van der Waals surface area contributed by atoms with Crippen LogP contribution in [0.15, 0.2) is 24.3 Å². The first kappa shape index (κ1) is 13.9. The molecule has 0 aliphatic rings. The number of aromatic nitrogens is 2. The lowest BCUT2D eigenvalue weighted by molar-refractivity contribution is -0.137.